The SMILES string of the molecule is CNCCc1cn(Cc2c(Br)c(C)nn2C)cn1. The Balaban J connectivity index is 2.11. The Labute approximate surface area is 115 Å². The molecule has 0 fully saturated rings. The molecule has 98 valence electrons. The summed E-state index contributed by atoms with van der Waals surface area (Å²) >= 11 is 3.58. The molecule has 0 saturated carbocycles. The lowest BCUT2D eigenvalue weighted by Crippen LogP contribution is -2.10. The first-order valence-corrected chi connectivity index (χ1v) is 6.74. The highest BCUT2D eigenvalue weighted by Crippen LogP contribution is 2.21. The first-order valence-electron chi connectivity index (χ1n) is 5.95. The zero-order chi connectivity index (χ0) is 13.1. The van der Waals surface area contributed by atoms with Gasteiger partial charge < -0.3 is 9.88 Å². The highest BCUT2D eigenvalue weighted by atomic mass is 79.9. The van der Waals surface area contributed by atoms with Crippen molar-refractivity contribution in [2.75, 3.05) is 13.6 Å². The molecule has 1 N–H and O–H groups in total. The number of rotatable bonds is 5. The standard InChI is InChI=1S/C12H18BrN5/c1-9-12(13)11(17(3)16-9)7-18-6-10(15-8-18)4-5-14-2/h6,8,14H,4-5,7H2,1-3H3. The second-order valence-corrected chi connectivity index (χ2v) is 5.15. The minimum absolute atomic E-state index is 0.782. The van der Waals surface area contributed by atoms with Crippen molar-refractivity contribution >= 4 is 15.9 Å². The largest absolute Gasteiger partial charge is 0.331 e. The normalized spacial score (nSPS) is 11.1. The van der Waals surface area contributed by atoms with Gasteiger partial charge in [0, 0.05) is 26.2 Å². The van der Waals surface area contributed by atoms with Crippen LogP contribution in [-0.2, 0) is 20.0 Å². The molecule has 0 unspecified atom stereocenters. The molecule has 2 aromatic heterocycles. The molecule has 0 aliphatic heterocycles. The first-order chi connectivity index (χ1) is 8.61. The van der Waals surface area contributed by atoms with Crippen molar-refractivity contribution in [1.82, 2.24) is 24.6 Å². The highest BCUT2D eigenvalue weighted by Gasteiger charge is 2.11. The summed E-state index contributed by atoms with van der Waals surface area (Å²) in [4.78, 5) is 4.39. The molecular formula is C12H18BrN5. The van der Waals surface area contributed by atoms with Crippen LogP contribution in [0.1, 0.15) is 17.1 Å². The smallest absolute Gasteiger partial charge is 0.0953 e. The van der Waals surface area contributed by atoms with E-state index in [0.29, 0.717) is 0 Å². The van der Waals surface area contributed by atoms with Crippen molar-refractivity contribution in [2.45, 2.75) is 19.9 Å². The average Bonchev–Trinajstić information content (AvgIpc) is 2.88. The topological polar surface area (TPSA) is 47.7 Å². The van der Waals surface area contributed by atoms with Crippen LogP contribution < -0.4 is 5.32 Å². The lowest BCUT2D eigenvalue weighted by atomic mass is 10.3. The van der Waals surface area contributed by atoms with Gasteiger partial charge in [0.1, 0.15) is 0 Å². The van der Waals surface area contributed by atoms with Gasteiger partial charge in [0.2, 0.25) is 0 Å². The number of halogens is 1. The summed E-state index contributed by atoms with van der Waals surface area (Å²) in [5, 5.41) is 7.52. The summed E-state index contributed by atoms with van der Waals surface area (Å²) < 4.78 is 5.08. The molecule has 0 radical (unpaired) electrons. The average molecular weight is 312 g/mol. The number of aromatic nitrogens is 4. The van der Waals surface area contributed by atoms with Crippen LogP contribution in [0.3, 0.4) is 0 Å². The molecule has 2 heterocycles. The number of imidazole rings is 1. The molecule has 2 rings (SSSR count). The van der Waals surface area contributed by atoms with Gasteiger partial charge in [-0.2, -0.15) is 5.10 Å². The van der Waals surface area contributed by atoms with E-state index < -0.39 is 0 Å². The van der Waals surface area contributed by atoms with Crippen LogP contribution in [0, 0.1) is 6.92 Å². The number of likely N-dealkylation sites (N-methyl/N-ethyl adjacent to an activating group) is 1. The van der Waals surface area contributed by atoms with Gasteiger partial charge in [0.25, 0.3) is 0 Å². The maximum atomic E-state index is 4.39. The van der Waals surface area contributed by atoms with Gasteiger partial charge >= 0.3 is 0 Å². The molecule has 0 bridgehead atoms. The van der Waals surface area contributed by atoms with Crippen molar-refractivity contribution in [2.24, 2.45) is 7.05 Å². The molecule has 0 amide bonds. The van der Waals surface area contributed by atoms with E-state index in [9.17, 15) is 0 Å². The quantitative estimate of drug-likeness (QED) is 0.910. The Morgan fingerprint density at radius 3 is 2.83 bits per heavy atom. The molecule has 2 aromatic rings. The van der Waals surface area contributed by atoms with Crippen molar-refractivity contribution in [3.05, 3.63) is 34.1 Å². The fourth-order valence-corrected chi connectivity index (χ4v) is 2.36. The van der Waals surface area contributed by atoms with Crippen LogP contribution in [0.15, 0.2) is 17.0 Å². The molecule has 5 nitrogen and oxygen atoms in total. The lowest BCUT2D eigenvalue weighted by molar-refractivity contribution is 0.661. The van der Waals surface area contributed by atoms with E-state index >= 15 is 0 Å². The maximum Gasteiger partial charge on any atom is 0.0953 e. The molecule has 0 aromatic carbocycles. The zero-order valence-electron chi connectivity index (χ0n) is 10.9. The molecule has 0 aliphatic carbocycles. The van der Waals surface area contributed by atoms with Crippen molar-refractivity contribution in [3.8, 4) is 0 Å². The summed E-state index contributed by atoms with van der Waals surface area (Å²) in [6.45, 7) is 3.73. The Bertz CT molecular complexity index is 529. The Kier molecular flexibility index (Phi) is 4.19. The molecule has 18 heavy (non-hydrogen) atoms. The maximum absolute atomic E-state index is 4.39. The summed E-state index contributed by atoms with van der Waals surface area (Å²) in [7, 11) is 3.92. The third-order valence-corrected chi connectivity index (χ3v) is 3.94. The Morgan fingerprint density at radius 2 is 2.22 bits per heavy atom. The zero-order valence-corrected chi connectivity index (χ0v) is 12.5. The molecule has 0 atom stereocenters. The summed E-state index contributed by atoms with van der Waals surface area (Å²) in [5.41, 5.74) is 3.28. The van der Waals surface area contributed by atoms with Crippen LogP contribution in [0.4, 0.5) is 0 Å². The van der Waals surface area contributed by atoms with E-state index in [-0.39, 0.29) is 0 Å². The second kappa shape index (κ2) is 5.67. The minimum atomic E-state index is 0.782. The van der Waals surface area contributed by atoms with Crippen LogP contribution in [-0.4, -0.2) is 32.9 Å². The Hall–Kier alpha value is -1.14. The summed E-state index contributed by atoms with van der Waals surface area (Å²) in [6, 6.07) is 0. The summed E-state index contributed by atoms with van der Waals surface area (Å²) in [5.74, 6) is 0. The Morgan fingerprint density at radius 1 is 1.44 bits per heavy atom. The highest BCUT2D eigenvalue weighted by molar-refractivity contribution is 9.10. The fourth-order valence-electron chi connectivity index (χ4n) is 1.90. The van der Waals surface area contributed by atoms with E-state index in [2.05, 4.69) is 42.1 Å². The number of hydrogen-bond acceptors (Lipinski definition) is 3. The first kappa shape index (κ1) is 13.3. The molecule has 0 aliphatic rings. The van der Waals surface area contributed by atoms with Gasteiger partial charge in [-0.1, -0.05) is 0 Å². The van der Waals surface area contributed by atoms with Crippen molar-refractivity contribution in [1.29, 1.82) is 0 Å². The fraction of sp³-hybridized carbons (Fsp3) is 0.500. The van der Waals surface area contributed by atoms with E-state index in [1.165, 1.54) is 0 Å². The van der Waals surface area contributed by atoms with Gasteiger partial charge in [-0.25, -0.2) is 4.98 Å². The van der Waals surface area contributed by atoms with Crippen molar-refractivity contribution < 1.29 is 0 Å². The summed E-state index contributed by atoms with van der Waals surface area (Å²) in [6.07, 6.45) is 4.92. The van der Waals surface area contributed by atoms with E-state index in [1.807, 2.05) is 32.0 Å². The lowest BCUT2D eigenvalue weighted by Gasteiger charge is -2.03. The van der Waals surface area contributed by atoms with Crippen LogP contribution >= 0.6 is 15.9 Å². The van der Waals surface area contributed by atoms with Crippen LogP contribution in [0.5, 0.6) is 0 Å². The van der Waals surface area contributed by atoms with Gasteiger partial charge in [-0.15, -0.1) is 0 Å². The second-order valence-electron chi connectivity index (χ2n) is 4.36. The van der Waals surface area contributed by atoms with E-state index in [4.69, 9.17) is 0 Å². The monoisotopic (exact) mass is 311 g/mol. The van der Waals surface area contributed by atoms with Crippen molar-refractivity contribution in [3.63, 3.8) is 0 Å². The third kappa shape index (κ3) is 2.81. The predicted octanol–water partition coefficient (Wildman–Crippen LogP) is 1.50. The third-order valence-electron chi connectivity index (χ3n) is 2.91. The minimum Gasteiger partial charge on any atom is -0.331 e. The van der Waals surface area contributed by atoms with E-state index in [0.717, 1.165) is 41.1 Å². The number of aryl methyl sites for hydroxylation is 2. The predicted molar refractivity (Wildman–Crippen MR) is 74.6 cm³/mol. The van der Waals surface area contributed by atoms with Crippen LogP contribution in [0.2, 0.25) is 0 Å². The van der Waals surface area contributed by atoms with Gasteiger partial charge in [-0.3, -0.25) is 4.68 Å². The van der Waals surface area contributed by atoms with Gasteiger partial charge in [0.15, 0.2) is 0 Å². The number of nitrogens with one attached hydrogen (secondary N) is 1. The van der Waals surface area contributed by atoms with Gasteiger partial charge in [-0.05, 0) is 29.9 Å². The molecule has 0 spiro atoms. The van der Waals surface area contributed by atoms with E-state index in [1.54, 1.807) is 0 Å². The van der Waals surface area contributed by atoms with Gasteiger partial charge in [0.05, 0.1) is 34.4 Å². The number of nitrogens with zero attached hydrogens (tertiary/aromatic N) is 4. The molecule has 6 heteroatoms. The molecular weight excluding hydrogens is 294 g/mol. The number of hydrogen-bond donors (Lipinski definition) is 1. The molecule has 0 saturated heterocycles. The van der Waals surface area contributed by atoms with Crippen LogP contribution in [0.25, 0.3) is 0 Å².